The van der Waals surface area contributed by atoms with Crippen LogP contribution in [0.15, 0.2) is 48.5 Å². The van der Waals surface area contributed by atoms with Crippen LogP contribution in [-0.4, -0.2) is 72.1 Å². The van der Waals surface area contributed by atoms with Crippen LogP contribution >= 0.6 is 0 Å². The van der Waals surface area contributed by atoms with Gasteiger partial charge in [0.05, 0.1) is 20.1 Å². The number of aliphatic carboxylic acids is 1. The van der Waals surface area contributed by atoms with Gasteiger partial charge in [-0.1, -0.05) is 48.5 Å². The molecule has 0 bridgehead atoms. The number of esters is 1. The fourth-order valence-electron chi connectivity index (χ4n) is 4.80. The molecule has 1 fully saturated rings. The second kappa shape index (κ2) is 9.98. The zero-order chi connectivity index (χ0) is 26.0. The Morgan fingerprint density at radius 2 is 1.67 bits per heavy atom. The van der Waals surface area contributed by atoms with E-state index in [-0.39, 0.29) is 19.1 Å². The minimum absolute atomic E-state index is 0.00899. The number of nitrogens with one attached hydrogen (secondary N) is 1. The van der Waals surface area contributed by atoms with Gasteiger partial charge in [0.1, 0.15) is 18.4 Å². The molecule has 2 atom stereocenters. The molecule has 1 saturated heterocycles. The second-order valence-corrected chi connectivity index (χ2v) is 9.12. The first-order chi connectivity index (χ1) is 17.1. The van der Waals surface area contributed by atoms with Crippen LogP contribution in [0.25, 0.3) is 11.1 Å². The fourth-order valence-corrected chi connectivity index (χ4v) is 4.80. The molecule has 0 radical (unpaired) electrons. The summed E-state index contributed by atoms with van der Waals surface area (Å²) in [6.45, 7) is 2.87. The topological polar surface area (TPSA) is 131 Å². The minimum Gasteiger partial charge on any atom is -0.480 e. The monoisotopic (exact) mass is 496 g/mol. The van der Waals surface area contributed by atoms with Crippen molar-refractivity contribution < 1.29 is 38.5 Å². The number of carbonyl (C=O) groups is 4. The van der Waals surface area contributed by atoms with Gasteiger partial charge in [-0.15, -0.1) is 0 Å². The van der Waals surface area contributed by atoms with E-state index in [0.717, 1.165) is 34.3 Å². The Labute approximate surface area is 208 Å². The Hall–Kier alpha value is -3.92. The van der Waals surface area contributed by atoms with E-state index in [9.17, 15) is 24.3 Å². The average molecular weight is 497 g/mol. The van der Waals surface area contributed by atoms with Gasteiger partial charge in [-0.3, -0.25) is 14.5 Å². The van der Waals surface area contributed by atoms with E-state index < -0.39 is 48.2 Å². The number of methoxy groups -OCH3 is 1. The molecule has 2 aliphatic rings. The summed E-state index contributed by atoms with van der Waals surface area (Å²) in [6.07, 6.45) is -1.41. The van der Waals surface area contributed by atoms with Gasteiger partial charge in [-0.25, -0.2) is 9.59 Å². The first-order valence-corrected chi connectivity index (χ1v) is 11.5. The number of carbonyl (C=O) groups excluding carboxylic acids is 3. The average Bonchev–Trinajstić information content (AvgIpc) is 3.35. The van der Waals surface area contributed by atoms with E-state index >= 15 is 0 Å². The van der Waals surface area contributed by atoms with Crippen molar-refractivity contribution >= 4 is 23.9 Å². The molecular weight excluding hydrogens is 468 g/mol. The number of benzene rings is 2. The highest BCUT2D eigenvalue weighted by Crippen LogP contribution is 2.44. The van der Waals surface area contributed by atoms with Gasteiger partial charge in [0.25, 0.3) is 0 Å². The third-order valence-corrected chi connectivity index (χ3v) is 6.54. The highest BCUT2D eigenvalue weighted by molar-refractivity contribution is 5.93. The van der Waals surface area contributed by atoms with Crippen molar-refractivity contribution in [2.75, 3.05) is 20.3 Å². The lowest BCUT2D eigenvalue weighted by Crippen LogP contribution is -2.58. The SMILES string of the molecule is COC(=O)C[C@H](NC(=O)OCC1c2ccccc2-c2ccccc21)C(=O)N1C(C(=O)O)COC1(C)C. The van der Waals surface area contributed by atoms with Crippen molar-refractivity contribution in [3.05, 3.63) is 59.7 Å². The Balaban J connectivity index is 1.50. The molecule has 0 saturated carbocycles. The number of rotatable bonds is 7. The lowest BCUT2D eigenvalue weighted by Gasteiger charge is -2.34. The molecule has 0 spiro atoms. The highest BCUT2D eigenvalue weighted by Gasteiger charge is 2.49. The molecule has 2 aromatic rings. The first-order valence-electron chi connectivity index (χ1n) is 11.5. The predicted molar refractivity (Wildman–Crippen MR) is 127 cm³/mol. The minimum atomic E-state index is -1.41. The third kappa shape index (κ3) is 4.76. The Bertz CT molecular complexity index is 1150. The zero-order valence-corrected chi connectivity index (χ0v) is 20.2. The van der Waals surface area contributed by atoms with Crippen molar-refractivity contribution in [3.8, 4) is 11.1 Å². The molecule has 10 nitrogen and oxygen atoms in total. The van der Waals surface area contributed by atoms with Gasteiger partial charge in [-0.2, -0.15) is 0 Å². The molecule has 2 N–H and O–H groups in total. The van der Waals surface area contributed by atoms with Crippen LogP contribution in [-0.2, 0) is 28.6 Å². The molecule has 4 rings (SSSR count). The number of nitrogens with zero attached hydrogens (tertiary/aromatic N) is 1. The number of carboxylic acid groups (broad SMARTS) is 1. The summed E-state index contributed by atoms with van der Waals surface area (Å²) in [4.78, 5) is 50.9. The number of alkyl carbamates (subject to hydrolysis) is 1. The molecule has 1 unspecified atom stereocenters. The molecule has 36 heavy (non-hydrogen) atoms. The summed E-state index contributed by atoms with van der Waals surface area (Å²) >= 11 is 0. The van der Waals surface area contributed by atoms with Gasteiger partial charge in [-0.05, 0) is 36.1 Å². The molecule has 2 aromatic carbocycles. The number of ether oxygens (including phenoxy) is 3. The molecule has 2 amide bonds. The first kappa shape index (κ1) is 25.2. The normalized spacial score (nSPS) is 18.6. The molecule has 10 heteroatoms. The van der Waals surface area contributed by atoms with Crippen molar-refractivity contribution in [2.24, 2.45) is 0 Å². The van der Waals surface area contributed by atoms with Crippen LogP contribution in [0.2, 0.25) is 0 Å². The quantitative estimate of drug-likeness (QED) is 0.559. The Kier molecular flexibility index (Phi) is 6.98. The van der Waals surface area contributed by atoms with E-state index in [0.29, 0.717) is 0 Å². The molecule has 190 valence electrons. The summed E-state index contributed by atoms with van der Waals surface area (Å²) in [5.41, 5.74) is 2.92. The van der Waals surface area contributed by atoms with Gasteiger partial charge in [0, 0.05) is 5.92 Å². The van der Waals surface area contributed by atoms with E-state index in [1.165, 1.54) is 13.8 Å². The van der Waals surface area contributed by atoms with Crippen molar-refractivity contribution in [3.63, 3.8) is 0 Å². The maximum absolute atomic E-state index is 13.4. The summed E-state index contributed by atoms with van der Waals surface area (Å²) in [6, 6.07) is 13.0. The zero-order valence-electron chi connectivity index (χ0n) is 20.2. The van der Waals surface area contributed by atoms with Crippen LogP contribution in [0.1, 0.15) is 37.3 Å². The lowest BCUT2D eigenvalue weighted by atomic mass is 9.98. The smallest absolute Gasteiger partial charge is 0.407 e. The maximum atomic E-state index is 13.4. The summed E-state index contributed by atoms with van der Waals surface area (Å²) < 4.78 is 15.7. The fraction of sp³-hybridized carbons (Fsp3) is 0.385. The van der Waals surface area contributed by atoms with Gasteiger partial charge < -0.3 is 24.6 Å². The molecule has 1 aliphatic carbocycles. The summed E-state index contributed by atoms with van der Waals surface area (Å²) in [5, 5.41) is 12.0. The van der Waals surface area contributed by atoms with Crippen molar-refractivity contribution in [1.82, 2.24) is 10.2 Å². The summed E-state index contributed by atoms with van der Waals surface area (Å²) in [7, 11) is 1.15. The Morgan fingerprint density at radius 1 is 1.08 bits per heavy atom. The maximum Gasteiger partial charge on any atom is 0.407 e. The highest BCUT2D eigenvalue weighted by atomic mass is 16.6. The van der Waals surface area contributed by atoms with E-state index in [1.807, 2.05) is 48.5 Å². The second-order valence-electron chi connectivity index (χ2n) is 9.12. The summed E-state index contributed by atoms with van der Waals surface area (Å²) in [5.74, 6) is -2.99. The van der Waals surface area contributed by atoms with E-state index in [2.05, 4.69) is 10.1 Å². The van der Waals surface area contributed by atoms with Gasteiger partial charge >= 0.3 is 18.0 Å². The van der Waals surface area contributed by atoms with E-state index in [4.69, 9.17) is 9.47 Å². The molecule has 0 aromatic heterocycles. The van der Waals surface area contributed by atoms with Crippen molar-refractivity contribution in [1.29, 1.82) is 0 Å². The van der Waals surface area contributed by atoms with E-state index in [1.54, 1.807) is 0 Å². The molecule has 1 heterocycles. The third-order valence-electron chi connectivity index (χ3n) is 6.54. The van der Waals surface area contributed by atoms with Crippen LogP contribution in [0.4, 0.5) is 4.79 Å². The van der Waals surface area contributed by atoms with Gasteiger partial charge in [0.15, 0.2) is 6.04 Å². The standard InChI is InChI=1S/C26H28N2O8/c1-26(2)28(21(14-36-26)24(31)32)23(30)20(12-22(29)34-3)27-25(33)35-13-19-17-10-6-4-8-15(17)16-9-5-7-11-18(16)19/h4-11,19-21H,12-14H2,1-3H3,(H,27,33)(H,31,32)/t20-,21?/m0/s1. The van der Waals surface area contributed by atoms with Crippen LogP contribution in [0.3, 0.4) is 0 Å². The number of amides is 2. The number of hydrogen-bond donors (Lipinski definition) is 2. The Morgan fingerprint density at radius 3 is 2.22 bits per heavy atom. The largest absolute Gasteiger partial charge is 0.480 e. The number of hydrogen-bond acceptors (Lipinski definition) is 7. The van der Waals surface area contributed by atoms with Gasteiger partial charge in [0.2, 0.25) is 5.91 Å². The molecular formula is C26H28N2O8. The molecule has 1 aliphatic heterocycles. The van der Waals surface area contributed by atoms with Crippen LogP contribution in [0.5, 0.6) is 0 Å². The van der Waals surface area contributed by atoms with Crippen molar-refractivity contribution in [2.45, 2.75) is 44.0 Å². The predicted octanol–water partition coefficient (Wildman–Crippen LogP) is 2.50. The van der Waals surface area contributed by atoms with Crippen LogP contribution in [0, 0.1) is 0 Å². The number of fused-ring (bicyclic) bond motifs is 3. The lowest BCUT2D eigenvalue weighted by molar-refractivity contribution is -0.158. The van der Waals surface area contributed by atoms with Crippen LogP contribution < -0.4 is 5.32 Å². The number of carboxylic acids is 1.